The van der Waals surface area contributed by atoms with Crippen molar-refractivity contribution in [3.63, 3.8) is 0 Å². The summed E-state index contributed by atoms with van der Waals surface area (Å²) in [6, 6.07) is 0. The molecule has 0 radical (unpaired) electrons. The monoisotopic (exact) mass is 438 g/mol. The van der Waals surface area contributed by atoms with Crippen molar-refractivity contribution in [1.82, 2.24) is 9.80 Å². The van der Waals surface area contributed by atoms with Gasteiger partial charge in [0.1, 0.15) is 0 Å². The fourth-order valence-corrected chi connectivity index (χ4v) is 1.46. The molecule has 0 atom stereocenters. The van der Waals surface area contributed by atoms with E-state index in [0.717, 1.165) is 18.8 Å². The molecule has 0 aliphatic carbocycles. The summed E-state index contributed by atoms with van der Waals surface area (Å²) in [5.74, 6) is -5.52. The van der Waals surface area contributed by atoms with Crippen LogP contribution < -0.4 is 10.2 Å². The largest absolute Gasteiger partial charge is 0.549 e. The van der Waals surface area contributed by atoms with E-state index < -0.39 is 50.1 Å². The van der Waals surface area contributed by atoms with Gasteiger partial charge in [-0.3, -0.25) is 19.4 Å². The Bertz CT molecular complexity index is 449. The van der Waals surface area contributed by atoms with Gasteiger partial charge in [-0.2, -0.15) is 0 Å². The lowest BCUT2D eigenvalue weighted by atomic mass is 10.4. The van der Waals surface area contributed by atoms with E-state index in [9.17, 15) is 29.4 Å². The van der Waals surface area contributed by atoms with Crippen LogP contribution in [0, 0.1) is 0 Å². The summed E-state index contributed by atoms with van der Waals surface area (Å²) in [6.07, 6.45) is 0. The Kier molecular flexibility index (Phi) is 16.8. The first kappa shape index (κ1) is 32.4. The quantitative estimate of drug-likeness (QED) is 0.303. The number of carbonyl (C=O) groups excluding carboxylic acids is 2. The van der Waals surface area contributed by atoms with Crippen molar-refractivity contribution >= 4 is 23.9 Å². The van der Waals surface area contributed by atoms with E-state index in [1.807, 2.05) is 0 Å². The van der Waals surface area contributed by atoms with Gasteiger partial charge in [0.15, 0.2) is 0 Å². The second kappa shape index (κ2) is 15.5. The molecule has 0 saturated carbocycles. The van der Waals surface area contributed by atoms with Gasteiger partial charge < -0.3 is 39.0 Å². The lowest BCUT2D eigenvalue weighted by Crippen LogP contribution is -2.47. The first-order chi connectivity index (χ1) is 13.2. The molecule has 12 heteroatoms. The maximum absolute atomic E-state index is 10.5. The number of rotatable bonds is 11. The van der Waals surface area contributed by atoms with Crippen molar-refractivity contribution in [3.05, 3.63) is 0 Å². The molecule has 2 N–H and O–H groups in total. The average molecular weight is 439 g/mol. The van der Waals surface area contributed by atoms with Crippen LogP contribution in [0.15, 0.2) is 0 Å². The molecule has 0 aliphatic rings. The first-order valence-corrected chi connectivity index (χ1v) is 9.06. The molecule has 12 nitrogen and oxygen atoms in total. The summed E-state index contributed by atoms with van der Waals surface area (Å²) in [4.78, 5) is 43.9. The predicted octanol–water partition coefficient (Wildman–Crippen LogP) is -4.10. The van der Waals surface area contributed by atoms with Crippen molar-refractivity contribution in [3.8, 4) is 0 Å². The zero-order chi connectivity index (χ0) is 24.7. The van der Waals surface area contributed by atoms with Crippen LogP contribution in [0.4, 0.5) is 0 Å². The Labute approximate surface area is 178 Å². The van der Waals surface area contributed by atoms with Gasteiger partial charge >= 0.3 is 11.9 Å². The molecule has 0 saturated heterocycles. The summed E-state index contributed by atoms with van der Waals surface area (Å²) in [5, 5.41) is 38.0. The van der Waals surface area contributed by atoms with Gasteiger partial charge in [0.25, 0.3) is 0 Å². The van der Waals surface area contributed by atoms with Gasteiger partial charge in [0.2, 0.25) is 0 Å². The Morgan fingerprint density at radius 1 is 0.600 bits per heavy atom. The van der Waals surface area contributed by atoms with Crippen LogP contribution in [-0.2, 0) is 19.2 Å². The lowest BCUT2D eigenvalue weighted by Gasteiger charge is -2.26. The van der Waals surface area contributed by atoms with Gasteiger partial charge in [-0.05, 0) is 0 Å². The van der Waals surface area contributed by atoms with E-state index in [1.165, 1.54) is 0 Å². The number of hydrogen-bond acceptors (Lipinski definition) is 8. The second-order valence-corrected chi connectivity index (χ2v) is 9.32. The maximum Gasteiger partial charge on any atom is 0.317 e. The molecule has 0 heterocycles. The number of quaternary nitrogens is 2. The van der Waals surface area contributed by atoms with Crippen LogP contribution in [0.2, 0.25) is 0 Å². The molecule has 0 fully saturated rings. The molecule has 0 aromatic heterocycles. The zero-order valence-electron chi connectivity index (χ0n) is 19.4. The van der Waals surface area contributed by atoms with Crippen molar-refractivity contribution in [2.24, 2.45) is 0 Å². The first-order valence-electron chi connectivity index (χ1n) is 9.06. The molecule has 0 rings (SSSR count). The number of carbonyl (C=O) groups is 4. The Morgan fingerprint density at radius 2 is 0.800 bits per heavy atom. The number of carboxylic acids is 4. The van der Waals surface area contributed by atoms with Crippen LogP contribution in [0.1, 0.15) is 0 Å². The Morgan fingerprint density at radius 3 is 0.967 bits per heavy atom. The third-order valence-corrected chi connectivity index (χ3v) is 2.16. The highest BCUT2D eigenvalue weighted by Gasteiger charge is 2.15. The predicted molar refractivity (Wildman–Crippen MR) is 106 cm³/mol. The highest BCUT2D eigenvalue weighted by atomic mass is 16.4. The number of aliphatic carboxylic acids is 4. The number of nitrogens with zero attached hydrogens (tertiary/aromatic N) is 4. The topological polar surface area (TPSA) is 161 Å². The van der Waals surface area contributed by atoms with E-state index in [0.29, 0.717) is 0 Å². The average Bonchev–Trinajstić information content (AvgIpc) is 2.38. The molecule has 0 aliphatic heterocycles. The van der Waals surface area contributed by atoms with Crippen molar-refractivity contribution in [1.29, 1.82) is 0 Å². The van der Waals surface area contributed by atoms with Crippen LogP contribution >= 0.6 is 0 Å². The fourth-order valence-electron chi connectivity index (χ4n) is 1.46. The minimum absolute atomic E-state index is 0.126. The molecular formula is C18H38N4O8. The third kappa shape index (κ3) is 44.8. The maximum atomic E-state index is 10.5. The summed E-state index contributed by atoms with van der Waals surface area (Å²) >= 11 is 0. The molecule has 0 bridgehead atoms. The standard InChI is InChI=1S/C10H16N2O8.2C4H12N/c13-7(14)3-11(4-8(15)16)1-2-12(5-9(17)18)6-10(19)20;2*1-5(2,3)4/h1-6H2,(H,13,14)(H,15,16)(H,17,18)(H,19,20);2*1-4H3/q;2*+1/p-2. The van der Waals surface area contributed by atoms with E-state index >= 15 is 0 Å². The molecule has 30 heavy (non-hydrogen) atoms. The third-order valence-electron chi connectivity index (χ3n) is 2.16. The highest BCUT2D eigenvalue weighted by molar-refractivity contribution is 5.72. The van der Waals surface area contributed by atoms with Gasteiger partial charge in [0.05, 0.1) is 81.4 Å². The minimum Gasteiger partial charge on any atom is -0.549 e. The Hall–Kier alpha value is -2.28. The zero-order valence-corrected chi connectivity index (χ0v) is 19.4. The lowest BCUT2D eigenvalue weighted by molar-refractivity contribution is -0.849. The van der Waals surface area contributed by atoms with Gasteiger partial charge in [-0.1, -0.05) is 0 Å². The summed E-state index contributed by atoms with van der Waals surface area (Å²) in [6.45, 7) is -2.75. The Balaban J connectivity index is -0.000000599. The van der Waals surface area contributed by atoms with Crippen molar-refractivity contribution in [2.75, 3.05) is 95.6 Å². The highest BCUT2D eigenvalue weighted by Crippen LogP contribution is 1.93. The van der Waals surface area contributed by atoms with Crippen LogP contribution in [0.25, 0.3) is 0 Å². The van der Waals surface area contributed by atoms with Crippen LogP contribution in [-0.4, -0.2) is 149 Å². The van der Waals surface area contributed by atoms with E-state index in [2.05, 4.69) is 56.4 Å². The summed E-state index contributed by atoms with van der Waals surface area (Å²) in [7, 11) is 17.0. The fraction of sp³-hybridized carbons (Fsp3) is 0.778. The number of hydrogen-bond donors (Lipinski definition) is 2. The molecule has 0 aromatic rings. The summed E-state index contributed by atoms with van der Waals surface area (Å²) in [5.41, 5.74) is 0. The molecule has 0 aromatic carbocycles. The molecular weight excluding hydrogens is 400 g/mol. The molecule has 178 valence electrons. The van der Waals surface area contributed by atoms with Gasteiger partial charge in [0, 0.05) is 26.2 Å². The number of carboxylic acid groups (broad SMARTS) is 4. The van der Waals surface area contributed by atoms with E-state index in [1.54, 1.807) is 0 Å². The normalized spacial score (nSPS) is 11.1. The SMILES string of the molecule is C[N+](C)(C)C.C[N+](C)(C)C.O=C([O-])CN(CCN(CC(=O)O)CC(=O)O)CC(=O)[O-]. The molecule has 0 unspecified atom stereocenters. The molecule has 0 amide bonds. The smallest absolute Gasteiger partial charge is 0.317 e. The van der Waals surface area contributed by atoms with Crippen molar-refractivity contribution in [2.45, 2.75) is 0 Å². The second-order valence-electron chi connectivity index (χ2n) is 9.32. The van der Waals surface area contributed by atoms with Crippen LogP contribution in [0.3, 0.4) is 0 Å². The van der Waals surface area contributed by atoms with Crippen molar-refractivity contribution < 1.29 is 48.6 Å². The van der Waals surface area contributed by atoms with Gasteiger partial charge in [-0.15, -0.1) is 0 Å². The summed E-state index contributed by atoms with van der Waals surface area (Å²) < 4.78 is 2.00. The van der Waals surface area contributed by atoms with Gasteiger partial charge in [-0.25, -0.2) is 0 Å². The molecule has 0 spiro atoms. The van der Waals surface area contributed by atoms with E-state index in [4.69, 9.17) is 10.2 Å². The van der Waals surface area contributed by atoms with E-state index in [-0.39, 0.29) is 13.1 Å². The minimum atomic E-state index is -1.51. The van der Waals surface area contributed by atoms with Crippen LogP contribution in [0.5, 0.6) is 0 Å².